The van der Waals surface area contributed by atoms with E-state index in [9.17, 15) is 22.4 Å². The summed E-state index contributed by atoms with van der Waals surface area (Å²) in [5.74, 6) is -0.910. The van der Waals surface area contributed by atoms with Crippen LogP contribution in [0.5, 0.6) is 5.88 Å². The number of carbonyl (C=O) groups excluding carboxylic acids is 1. The molecule has 33 heavy (non-hydrogen) atoms. The lowest BCUT2D eigenvalue weighted by Gasteiger charge is -2.34. The van der Waals surface area contributed by atoms with E-state index in [1.165, 1.54) is 30.6 Å². The van der Waals surface area contributed by atoms with Gasteiger partial charge in [-0.25, -0.2) is 9.37 Å². The Morgan fingerprint density at radius 1 is 1.15 bits per heavy atom. The molecule has 0 radical (unpaired) electrons. The number of benzene rings is 1. The third-order valence-electron chi connectivity index (χ3n) is 5.16. The molecule has 0 fully saturated rings. The van der Waals surface area contributed by atoms with Crippen molar-refractivity contribution in [1.82, 2.24) is 24.9 Å². The topological polar surface area (TPSA) is 73.1 Å². The Morgan fingerprint density at radius 3 is 2.39 bits per heavy atom. The van der Waals surface area contributed by atoms with Crippen LogP contribution < -0.4 is 4.74 Å². The van der Waals surface area contributed by atoms with Crippen LogP contribution in [0.3, 0.4) is 0 Å². The van der Waals surface area contributed by atoms with Crippen molar-refractivity contribution in [1.29, 1.82) is 0 Å². The van der Waals surface area contributed by atoms with Crippen molar-refractivity contribution in [3.8, 4) is 11.6 Å². The minimum atomic E-state index is -4.50. The molecule has 2 atom stereocenters. The van der Waals surface area contributed by atoms with Crippen LogP contribution in [0.25, 0.3) is 5.69 Å². The molecule has 0 saturated carbocycles. The number of amides is 1. The molecule has 176 valence electrons. The number of carbonyl (C=O) groups is 1. The number of alkyl halides is 3. The van der Waals surface area contributed by atoms with Gasteiger partial charge in [0.1, 0.15) is 17.6 Å². The molecule has 1 amide bonds. The summed E-state index contributed by atoms with van der Waals surface area (Å²) in [6.45, 7) is 5.68. The summed E-state index contributed by atoms with van der Waals surface area (Å²) in [5.41, 5.74) is -0.486. The highest BCUT2D eigenvalue weighted by Gasteiger charge is 2.32. The van der Waals surface area contributed by atoms with Gasteiger partial charge >= 0.3 is 6.18 Å². The third-order valence-corrected chi connectivity index (χ3v) is 5.16. The SMILES string of the molecule is CCC(C(C)Oc1ccc(C(F)(F)F)cn1)N(CC)C(=O)c1ccc(F)cc1-n1nccn1. The molecule has 0 bridgehead atoms. The van der Waals surface area contributed by atoms with E-state index < -0.39 is 29.7 Å². The second kappa shape index (κ2) is 9.97. The fourth-order valence-electron chi connectivity index (χ4n) is 3.57. The zero-order valence-corrected chi connectivity index (χ0v) is 18.3. The summed E-state index contributed by atoms with van der Waals surface area (Å²) in [7, 11) is 0. The van der Waals surface area contributed by atoms with Gasteiger partial charge < -0.3 is 9.64 Å². The number of ether oxygens (including phenoxy) is 1. The first-order valence-corrected chi connectivity index (χ1v) is 10.3. The number of hydrogen-bond donors (Lipinski definition) is 0. The van der Waals surface area contributed by atoms with Gasteiger partial charge in [0.2, 0.25) is 5.88 Å². The van der Waals surface area contributed by atoms with Crippen molar-refractivity contribution < 1.29 is 27.1 Å². The minimum Gasteiger partial charge on any atom is -0.472 e. The zero-order chi connectivity index (χ0) is 24.2. The highest BCUT2D eigenvalue weighted by atomic mass is 19.4. The van der Waals surface area contributed by atoms with Crippen molar-refractivity contribution >= 4 is 5.91 Å². The van der Waals surface area contributed by atoms with E-state index in [4.69, 9.17) is 4.74 Å². The summed E-state index contributed by atoms with van der Waals surface area (Å²) in [6.07, 6.45) is -1.05. The Labute approximate surface area is 188 Å². The van der Waals surface area contributed by atoms with Gasteiger partial charge in [0, 0.05) is 24.9 Å². The largest absolute Gasteiger partial charge is 0.472 e. The van der Waals surface area contributed by atoms with Gasteiger partial charge in [0.25, 0.3) is 5.91 Å². The molecule has 0 aliphatic heterocycles. The lowest BCUT2D eigenvalue weighted by atomic mass is 10.0. The summed E-state index contributed by atoms with van der Waals surface area (Å²) >= 11 is 0. The van der Waals surface area contributed by atoms with Crippen LogP contribution in [0.1, 0.15) is 43.1 Å². The van der Waals surface area contributed by atoms with Gasteiger partial charge in [-0.1, -0.05) is 6.92 Å². The average Bonchev–Trinajstić information content (AvgIpc) is 3.31. The van der Waals surface area contributed by atoms with Crippen LogP contribution in [0.2, 0.25) is 0 Å². The predicted octanol–water partition coefficient (Wildman–Crippen LogP) is 4.53. The minimum absolute atomic E-state index is 0.0145. The quantitative estimate of drug-likeness (QED) is 0.457. The number of halogens is 4. The van der Waals surface area contributed by atoms with Crippen molar-refractivity contribution in [2.45, 2.75) is 45.5 Å². The van der Waals surface area contributed by atoms with Gasteiger partial charge in [-0.15, -0.1) is 0 Å². The molecule has 2 unspecified atom stereocenters. The molecule has 0 aliphatic carbocycles. The molecule has 2 aromatic heterocycles. The lowest BCUT2D eigenvalue weighted by Crippen LogP contribution is -2.48. The van der Waals surface area contributed by atoms with E-state index in [0.29, 0.717) is 19.2 Å². The van der Waals surface area contributed by atoms with E-state index >= 15 is 0 Å². The zero-order valence-electron chi connectivity index (χ0n) is 18.3. The van der Waals surface area contributed by atoms with Crippen molar-refractivity contribution in [2.24, 2.45) is 0 Å². The van der Waals surface area contributed by atoms with E-state index in [0.717, 1.165) is 16.9 Å². The smallest absolute Gasteiger partial charge is 0.417 e. The van der Waals surface area contributed by atoms with E-state index in [-0.39, 0.29) is 23.0 Å². The van der Waals surface area contributed by atoms with Crippen LogP contribution in [-0.2, 0) is 6.18 Å². The van der Waals surface area contributed by atoms with Crippen molar-refractivity contribution in [2.75, 3.05) is 6.54 Å². The van der Waals surface area contributed by atoms with Gasteiger partial charge in [-0.2, -0.15) is 28.2 Å². The van der Waals surface area contributed by atoms with E-state index in [2.05, 4.69) is 15.2 Å². The summed E-state index contributed by atoms with van der Waals surface area (Å²) in [5, 5.41) is 7.98. The van der Waals surface area contributed by atoms with Crippen LogP contribution in [0.4, 0.5) is 17.6 Å². The fourth-order valence-corrected chi connectivity index (χ4v) is 3.57. The molecule has 0 spiro atoms. The first-order valence-electron chi connectivity index (χ1n) is 10.3. The highest BCUT2D eigenvalue weighted by molar-refractivity contribution is 5.98. The first-order chi connectivity index (χ1) is 15.7. The number of hydrogen-bond acceptors (Lipinski definition) is 5. The van der Waals surface area contributed by atoms with Crippen LogP contribution in [0.15, 0.2) is 48.9 Å². The number of nitrogens with zero attached hydrogens (tertiary/aromatic N) is 5. The number of rotatable bonds is 8. The molecule has 3 aromatic rings. The molecule has 0 aliphatic rings. The van der Waals surface area contributed by atoms with Gasteiger partial charge in [0.15, 0.2) is 0 Å². The maximum Gasteiger partial charge on any atom is 0.417 e. The Morgan fingerprint density at radius 2 is 1.85 bits per heavy atom. The molecule has 0 saturated heterocycles. The van der Waals surface area contributed by atoms with Gasteiger partial charge in [-0.3, -0.25) is 4.79 Å². The molecule has 1 aromatic carbocycles. The summed E-state index contributed by atoms with van der Waals surface area (Å²) in [4.78, 5) is 19.9. The van der Waals surface area contributed by atoms with E-state index in [1.807, 2.05) is 6.92 Å². The monoisotopic (exact) mass is 465 g/mol. The molecule has 7 nitrogen and oxygen atoms in total. The van der Waals surface area contributed by atoms with Crippen LogP contribution >= 0.6 is 0 Å². The molecule has 2 heterocycles. The fraction of sp³-hybridized carbons (Fsp3) is 0.364. The molecule has 3 rings (SSSR count). The molecule has 0 N–H and O–H groups in total. The van der Waals surface area contributed by atoms with Crippen molar-refractivity contribution in [3.63, 3.8) is 0 Å². The first kappa shape index (κ1) is 24.1. The lowest BCUT2D eigenvalue weighted by molar-refractivity contribution is -0.137. The molecular weight excluding hydrogens is 442 g/mol. The van der Waals surface area contributed by atoms with Crippen LogP contribution in [-0.4, -0.2) is 49.5 Å². The molecular formula is C22H23F4N5O2. The number of aromatic nitrogens is 4. The normalized spacial score (nSPS) is 13.4. The Balaban J connectivity index is 1.84. The second-order valence-electron chi connectivity index (χ2n) is 7.25. The van der Waals surface area contributed by atoms with Gasteiger partial charge in [0.05, 0.1) is 29.6 Å². The Bertz CT molecular complexity index is 1070. The predicted molar refractivity (Wildman–Crippen MR) is 111 cm³/mol. The number of likely N-dealkylation sites (N-methyl/N-ethyl adjacent to an activating group) is 1. The Hall–Kier alpha value is -3.50. The van der Waals surface area contributed by atoms with E-state index in [1.54, 1.807) is 18.7 Å². The van der Waals surface area contributed by atoms with Crippen molar-refractivity contribution in [3.05, 3.63) is 65.9 Å². The third kappa shape index (κ3) is 5.47. The summed E-state index contributed by atoms with van der Waals surface area (Å²) in [6, 6.07) is 5.32. The highest BCUT2D eigenvalue weighted by Crippen LogP contribution is 2.29. The average molecular weight is 465 g/mol. The maximum atomic E-state index is 13.9. The Kier molecular flexibility index (Phi) is 7.29. The summed E-state index contributed by atoms with van der Waals surface area (Å²) < 4.78 is 58.0. The maximum absolute atomic E-state index is 13.9. The second-order valence-corrected chi connectivity index (χ2v) is 7.25. The number of pyridine rings is 1. The molecule has 11 heteroatoms. The van der Waals surface area contributed by atoms with Gasteiger partial charge in [-0.05, 0) is 38.5 Å². The van der Waals surface area contributed by atoms with Crippen LogP contribution in [0, 0.1) is 5.82 Å². The standard InChI is InChI=1S/C22H23F4N5O2/c1-4-18(14(3)33-20-9-6-15(13-27-20)22(24,25)26)30(5-2)21(32)17-8-7-16(23)12-19(17)31-28-10-11-29-31/h6-14,18H,4-5H2,1-3H3.